The summed E-state index contributed by atoms with van der Waals surface area (Å²) < 4.78 is 7.77. The molecule has 0 spiro atoms. The zero-order chi connectivity index (χ0) is 22.0. The SMILES string of the molecule is COc1ccc2nc(-n3nc(C)cc3NC(=O)/C=C/c3cccc([N+](=O)[O-])c3)sc2c1. The minimum absolute atomic E-state index is 0.0382. The number of rotatable bonds is 6. The Morgan fingerprint density at radius 1 is 1.26 bits per heavy atom. The van der Waals surface area contributed by atoms with Crippen molar-refractivity contribution in [2.75, 3.05) is 12.4 Å². The largest absolute Gasteiger partial charge is 0.497 e. The minimum atomic E-state index is -0.480. The van der Waals surface area contributed by atoms with Gasteiger partial charge in [-0.3, -0.25) is 14.9 Å². The third-order valence-electron chi connectivity index (χ3n) is 4.36. The maximum absolute atomic E-state index is 12.4. The Balaban J connectivity index is 1.57. The fraction of sp³-hybridized carbons (Fsp3) is 0.0952. The maximum Gasteiger partial charge on any atom is 0.270 e. The van der Waals surface area contributed by atoms with Gasteiger partial charge in [0.05, 0.1) is 27.9 Å². The molecule has 4 aromatic rings. The summed E-state index contributed by atoms with van der Waals surface area (Å²) in [5, 5.41) is 18.7. The van der Waals surface area contributed by atoms with Gasteiger partial charge in [-0.1, -0.05) is 23.5 Å². The molecule has 0 saturated heterocycles. The van der Waals surface area contributed by atoms with E-state index in [9.17, 15) is 14.9 Å². The molecule has 0 radical (unpaired) electrons. The second-order valence-corrected chi connectivity index (χ2v) is 7.60. The summed E-state index contributed by atoms with van der Waals surface area (Å²) in [4.78, 5) is 27.4. The number of carbonyl (C=O) groups excluding carboxylic acids is 1. The molecule has 1 amide bonds. The van der Waals surface area contributed by atoms with Gasteiger partial charge in [-0.15, -0.1) is 0 Å². The van der Waals surface area contributed by atoms with Gasteiger partial charge < -0.3 is 10.1 Å². The van der Waals surface area contributed by atoms with Gasteiger partial charge in [0.15, 0.2) is 0 Å². The van der Waals surface area contributed by atoms with Crippen LogP contribution in [-0.2, 0) is 4.79 Å². The van der Waals surface area contributed by atoms with E-state index >= 15 is 0 Å². The number of nitro groups is 1. The highest BCUT2D eigenvalue weighted by Gasteiger charge is 2.14. The number of hydrogen-bond acceptors (Lipinski definition) is 7. The van der Waals surface area contributed by atoms with Crippen molar-refractivity contribution < 1.29 is 14.5 Å². The Labute approximate surface area is 180 Å². The number of anilines is 1. The number of carbonyl (C=O) groups is 1. The molecule has 0 unspecified atom stereocenters. The fourth-order valence-electron chi connectivity index (χ4n) is 2.93. The third kappa shape index (κ3) is 4.43. The van der Waals surface area contributed by atoms with Gasteiger partial charge in [0, 0.05) is 24.3 Å². The van der Waals surface area contributed by atoms with E-state index < -0.39 is 10.8 Å². The monoisotopic (exact) mass is 435 g/mol. The van der Waals surface area contributed by atoms with Crippen LogP contribution in [0.1, 0.15) is 11.3 Å². The number of amides is 1. The zero-order valence-corrected chi connectivity index (χ0v) is 17.4. The Morgan fingerprint density at radius 2 is 2.10 bits per heavy atom. The van der Waals surface area contributed by atoms with Gasteiger partial charge in [0.2, 0.25) is 11.0 Å². The predicted octanol–water partition coefficient (Wildman–Crippen LogP) is 4.36. The highest BCUT2D eigenvalue weighted by Crippen LogP contribution is 2.30. The molecule has 0 aliphatic carbocycles. The Morgan fingerprint density at radius 3 is 2.87 bits per heavy atom. The van der Waals surface area contributed by atoms with Crippen molar-refractivity contribution >= 4 is 45.0 Å². The maximum atomic E-state index is 12.4. The average molecular weight is 435 g/mol. The van der Waals surface area contributed by atoms with Crippen LogP contribution in [0.5, 0.6) is 5.75 Å². The number of aryl methyl sites for hydroxylation is 1. The first kappa shape index (κ1) is 20.2. The number of hydrogen-bond donors (Lipinski definition) is 1. The third-order valence-corrected chi connectivity index (χ3v) is 5.35. The molecule has 0 atom stereocenters. The number of ether oxygens (including phenoxy) is 1. The molecule has 0 fully saturated rings. The van der Waals surface area contributed by atoms with Crippen molar-refractivity contribution in [1.82, 2.24) is 14.8 Å². The number of benzene rings is 2. The summed E-state index contributed by atoms with van der Waals surface area (Å²) in [6.45, 7) is 1.82. The average Bonchev–Trinajstić information content (AvgIpc) is 3.34. The lowest BCUT2D eigenvalue weighted by atomic mass is 10.2. The second-order valence-electron chi connectivity index (χ2n) is 6.59. The number of methoxy groups -OCH3 is 1. The van der Waals surface area contributed by atoms with Crippen molar-refractivity contribution in [3.63, 3.8) is 0 Å². The van der Waals surface area contributed by atoms with Crippen molar-refractivity contribution in [1.29, 1.82) is 0 Å². The van der Waals surface area contributed by atoms with Gasteiger partial charge in [0.25, 0.3) is 5.69 Å². The molecule has 0 bridgehead atoms. The Hall–Kier alpha value is -4.05. The predicted molar refractivity (Wildman–Crippen MR) is 119 cm³/mol. The van der Waals surface area contributed by atoms with Crippen LogP contribution in [-0.4, -0.2) is 32.7 Å². The number of fused-ring (bicyclic) bond motifs is 1. The summed E-state index contributed by atoms with van der Waals surface area (Å²) in [5.41, 5.74) is 2.03. The summed E-state index contributed by atoms with van der Waals surface area (Å²) >= 11 is 1.43. The van der Waals surface area contributed by atoms with Crippen molar-refractivity contribution in [3.8, 4) is 10.9 Å². The van der Waals surface area contributed by atoms with Gasteiger partial charge in [0.1, 0.15) is 11.6 Å². The van der Waals surface area contributed by atoms with Crippen LogP contribution < -0.4 is 10.1 Å². The summed E-state index contributed by atoms with van der Waals surface area (Å²) in [6, 6.07) is 13.4. The molecule has 0 aliphatic rings. The lowest BCUT2D eigenvalue weighted by Gasteiger charge is -2.04. The van der Waals surface area contributed by atoms with Crippen LogP contribution in [0.4, 0.5) is 11.5 Å². The van der Waals surface area contributed by atoms with Crippen LogP contribution >= 0.6 is 11.3 Å². The van der Waals surface area contributed by atoms with E-state index in [2.05, 4.69) is 15.4 Å². The van der Waals surface area contributed by atoms with Crippen molar-refractivity contribution in [2.24, 2.45) is 0 Å². The second kappa shape index (κ2) is 8.36. The topological polar surface area (TPSA) is 112 Å². The van der Waals surface area contributed by atoms with Crippen LogP contribution in [0, 0.1) is 17.0 Å². The van der Waals surface area contributed by atoms with E-state index in [1.165, 1.54) is 35.6 Å². The molecule has 0 saturated carbocycles. The molecule has 9 nitrogen and oxygen atoms in total. The number of nitrogens with one attached hydrogen (secondary N) is 1. The van der Waals surface area contributed by atoms with Gasteiger partial charge in [-0.25, -0.2) is 4.98 Å². The number of non-ortho nitro benzene ring substituents is 1. The molecule has 10 heteroatoms. The Bertz CT molecular complexity index is 1320. The first-order valence-corrected chi connectivity index (χ1v) is 10.00. The van der Waals surface area contributed by atoms with Gasteiger partial charge in [-0.05, 0) is 36.8 Å². The number of thiazole rings is 1. The minimum Gasteiger partial charge on any atom is -0.497 e. The Kier molecular flexibility index (Phi) is 5.46. The summed E-state index contributed by atoms with van der Waals surface area (Å²) in [6.07, 6.45) is 2.83. The molecule has 31 heavy (non-hydrogen) atoms. The van der Waals surface area contributed by atoms with Crippen LogP contribution in [0.15, 0.2) is 54.6 Å². The quantitative estimate of drug-likeness (QED) is 0.274. The lowest BCUT2D eigenvalue weighted by Crippen LogP contribution is -2.12. The summed E-state index contributed by atoms with van der Waals surface area (Å²) in [5.74, 6) is 0.812. The first-order valence-electron chi connectivity index (χ1n) is 9.18. The van der Waals surface area contributed by atoms with E-state index in [0.29, 0.717) is 16.5 Å². The van der Waals surface area contributed by atoms with E-state index in [-0.39, 0.29) is 5.69 Å². The molecule has 2 aromatic carbocycles. The standard InChI is InChI=1S/C21H17N5O4S/c1-13-10-19(23-20(27)9-6-14-4-3-5-15(11-14)26(28)29)25(24-13)21-22-17-8-7-16(30-2)12-18(17)31-21/h3-12H,1-2H3,(H,23,27)/b9-6+. The molecule has 2 heterocycles. The zero-order valence-electron chi connectivity index (χ0n) is 16.6. The van der Waals surface area contributed by atoms with Crippen LogP contribution in [0.3, 0.4) is 0 Å². The molecule has 4 rings (SSSR count). The van der Waals surface area contributed by atoms with Gasteiger partial charge in [-0.2, -0.15) is 9.78 Å². The molecular weight excluding hydrogens is 418 g/mol. The van der Waals surface area contributed by atoms with E-state index in [1.54, 1.807) is 30.0 Å². The summed E-state index contributed by atoms with van der Waals surface area (Å²) in [7, 11) is 1.61. The van der Waals surface area contributed by atoms with E-state index in [4.69, 9.17) is 4.74 Å². The van der Waals surface area contributed by atoms with E-state index in [1.807, 2.05) is 25.1 Å². The smallest absolute Gasteiger partial charge is 0.270 e. The van der Waals surface area contributed by atoms with Gasteiger partial charge >= 0.3 is 0 Å². The first-order chi connectivity index (χ1) is 14.9. The fourth-order valence-corrected chi connectivity index (χ4v) is 3.89. The molecular formula is C21H17N5O4S. The van der Waals surface area contributed by atoms with E-state index in [0.717, 1.165) is 21.7 Å². The molecule has 2 aromatic heterocycles. The molecule has 1 N–H and O–H groups in total. The highest BCUT2D eigenvalue weighted by atomic mass is 32.1. The van der Waals surface area contributed by atoms with Crippen molar-refractivity contribution in [2.45, 2.75) is 6.92 Å². The highest BCUT2D eigenvalue weighted by molar-refractivity contribution is 7.20. The van der Waals surface area contributed by atoms with Crippen LogP contribution in [0.2, 0.25) is 0 Å². The lowest BCUT2D eigenvalue weighted by molar-refractivity contribution is -0.384. The van der Waals surface area contributed by atoms with Crippen LogP contribution in [0.25, 0.3) is 21.4 Å². The normalized spacial score (nSPS) is 11.2. The number of nitro benzene ring substituents is 1. The molecule has 0 aliphatic heterocycles. The molecule has 156 valence electrons. The number of aromatic nitrogens is 3. The van der Waals surface area contributed by atoms with Crippen molar-refractivity contribution in [3.05, 3.63) is 76.0 Å². The number of nitrogens with zero attached hydrogens (tertiary/aromatic N) is 4.